The minimum atomic E-state index is -0.110. The number of fused-ring (bicyclic) bond motifs is 1. The van der Waals surface area contributed by atoms with Gasteiger partial charge in [-0.3, -0.25) is 9.69 Å². The molecular weight excluding hydrogens is 314 g/mol. The summed E-state index contributed by atoms with van der Waals surface area (Å²) in [4.78, 5) is 19.3. The Morgan fingerprint density at radius 3 is 2.68 bits per heavy atom. The van der Waals surface area contributed by atoms with E-state index in [1.807, 2.05) is 13.0 Å². The maximum Gasteiger partial charge on any atom is 0.289 e. The van der Waals surface area contributed by atoms with Crippen LogP contribution in [0, 0.1) is 18.8 Å². The topological polar surface area (TPSA) is 58.4 Å². The molecule has 1 aliphatic carbocycles. The number of oxazole rings is 1. The fourth-order valence-corrected chi connectivity index (χ4v) is 4.00. The number of aromatic nitrogens is 1. The van der Waals surface area contributed by atoms with Crippen molar-refractivity contribution in [3.63, 3.8) is 0 Å². The molecule has 3 atom stereocenters. The molecule has 1 unspecified atom stereocenters. The highest BCUT2D eigenvalue weighted by atomic mass is 16.4. The van der Waals surface area contributed by atoms with Crippen LogP contribution in [-0.2, 0) is 13.0 Å². The summed E-state index contributed by atoms with van der Waals surface area (Å²) in [5, 5.41) is 3.15. The van der Waals surface area contributed by atoms with Crippen LogP contribution >= 0.6 is 0 Å². The second kappa shape index (κ2) is 6.64. The summed E-state index contributed by atoms with van der Waals surface area (Å²) in [6, 6.07) is 10.9. The SMILES string of the molecule is CCCc1nc(C)c(C(=O)NC2[C@H]3CN(Cc4ccccc4)C[C@@H]23)o1. The number of hydrogen-bond acceptors (Lipinski definition) is 4. The fourth-order valence-electron chi connectivity index (χ4n) is 4.00. The number of aryl methyl sites for hydroxylation is 2. The highest BCUT2D eigenvalue weighted by Crippen LogP contribution is 2.46. The number of carbonyl (C=O) groups excluding carboxylic acids is 1. The van der Waals surface area contributed by atoms with Crippen molar-refractivity contribution in [2.24, 2.45) is 11.8 Å². The molecule has 0 bridgehead atoms. The fraction of sp³-hybridized carbons (Fsp3) is 0.500. The van der Waals surface area contributed by atoms with Gasteiger partial charge in [-0.1, -0.05) is 37.3 Å². The normalized spacial score (nSPS) is 25.0. The van der Waals surface area contributed by atoms with E-state index in [1.165, 1.54) is 5.56 Å². The average Bonchev–Trinajstić information content (AvgIpc) is 2.95. The Morgan fingerprint density at radius 1 is 1.28 bits per heavy atom. The van der Waals surface area contributed by atoms with E-state index in [4.69, 9.17) is 4.42 Å². The van der Waals surface area contributed by atoms with Crippen molar-refractivity contribution in [3.05, 3.63) is 53.2 Å². The monoisotopic (exact) mass is 339 g/mol. The number of carbonyl (C=O) groups is 1. The van der Waals surface area contributed by atoms with Gasteiger partial charge in [0.2, 0.25) is 5.76 Å². The number of likely N-dealkylation sites (tertiary alicyclic amines) is 1. The largest absolute Gasteiger partial charge is 0.435 e. The predicted octanol–water partition coefficient (Wildman–Crippen LogP) is 2.80. The summed E-state index contributed by atoms with van der Waals surface area (Å²) >= 11 is 0. The smallest absolute Gasteiger partial charge is 0.289 e. The second-order valence-electron chi connectivity index (χ2n) is 7.28. The van der Waals surface area contributed by atoms with E-state index in [0.29, 0.717) is 35.2 Å². The molecule has 25 heavy (non-hydrogen) atoms. The van der Waals surface area contributed by atoms with Crippen LogP contribution in [0.3, 0.4) is 0 Å². The van der Waals surface area contributed by atoms with Gasteiger partial charge >= 0.3 is 0 Å². The molecule has 5 nitrogen and oxygen atoms in total. The van der Waals surface area contributed by atoms with Gasteiger partial charge in [-0.2, -0.15) is 0 Å². The van der Waals surface area contributed by atoms with Gasteiger partial charge in [-0.05, 0) is 30.7 Å². The molecule has 1 aliphatic heterocycles. The Morgan fingerprint density at radius 2 is 2.00 bits per heavy atom. The zero-order valence-electron chi connectivity index (χ0n) is 14.9. The average molecular weight is 339 g/mol. The van der Waals surface area contributed by atoms with Crippen LogP contribution in [0.25, 0.3) is 0 Å². The highest BCUT2D eigenvalue weighted by Gasteiger charge is 2.56. The third-order valence-electron chi connectivity index (χ3n) is 5.33. The number of rotatable bonds is 6. The molecule has 1 aromatic heterocycles. The van der Waals surface area contributed by atoms with E-state index in [9.17, 15) is 4.79 Å². The molecule has 2 fully saturated rings. The van der Waals surface area contributed by atoms with Gasteiger partial charge in [-0.15, -0.1) is 0 Å². The van der Waals surface area contributed by atoms with Crippen LogP contribution in [-0.4, -0.2) is 34.9 Å². The Kier molecular flexibility index (Phi) is 4.34. The van der Waals surface area contributed by atoms with Gasteiger partial charge in [0.1, 0.15) is 0 Å². The van der Waals surface area contributed by atoms with E-state index in [-0.39, 0.29) is 5.91 Å². The number of piperidine rings is 1. The number of nitrogens with zero attached hydrogens (tertiary/aromatic N) is 2. The molecule has 2 aromatic rings. The van der Waals surface area contributed by atoms with Gasteiger partial charge < -0.3 is 9.73 Å². The second-order valence-corrected chi connectivity index (χ2v) is 7.28. The van der Waals surface area contributed by atoms with Crippen molar-refractivity contribution in [1.82, 2.24) is 15.2 Å². The summed E-state index contributed by atoms with van der Waals surface area (Å²) in [5.41, 5.74) is 2.04. The first kappa shape index (κ1) is 16.3. The van der Waals surface area contributed by atoms with Gasteiger partial charge in [0, 0.05) is 32.1 Å². The zero-order chi connectivity index (χ0) is 17.4. The molecule has 1 saturated heterocycles. The first-order valence-electron chi connectivity index (χ1n) is 9.19. The zero-order valence-corrected chi connectivity index (χ0v) is 14.9. The molecular formula is C20H25N3O2. The lowest BCUT2D eigenvalue weighted by atomic mass is 10.2. The molecule has 2 aliphatic rings. The highest BCUT2D eigenvalue weighted by molar-refractivity contribution is 5.92. The van der Waals surface area contributed by atoms with E-state index in [2.05, 4.69) is 46.4 Å². The van der Waals surface area contributed by atoms with E-state index in [1.54, 1.807) is 0 Å². The Balaban J connectivity index is 1.30. The quantitative estimate of drug-likeness (QED) is 0.879. The Bertz CT molecular complexity index is 744. The summed E-state index contributed by atoms with van der Waals surface area (Å²) in [6.07, 6.45) is 1.74. The van der Waals surface area contributed by atoms with Crippen LogP contribution in [0.15, 0.2) is 34.7 Å². The predicted molar refractivity (Wildman–Crippen MR) is 95.2 cm³/mol. The molecule has 1 saturated carbocycles. The molecule has 132 valence electrons. The third-order valence-corrected chi connectivity index (χ3v) is 5.33. The van der Waals surface area contributed by atoms with E-state index >= 15 is 0 Å². The number of amides is 1. The first-order valence-corrected chi connectivity index (χ1v) is 9.19. The third kappa shape index (κ3) is 3.33. The van der Waals surface area contributed by atoms with Gasteiger partial charge in [-0.25, -0.2) is 4.98 Å². The lowest BCUT2D eigenvalue weighted by Crippen LogP contribution is -2.34. The molecule has 4 rings (SSSR count). The van der Waals surface area contributed by atoms with Crippen molar-refractivity contribution in [3.8, 4) is 0 Å². The summed E-state index contributed by atoms with van der Waals surface area (Å²) in [6.45, 7) is 7.02. The lowest BCUT2D eigenvalue weighted by molar-refractivity contribution is 0.0912. The van der Waals surface area contributed by atoms with Crippen LogP contribution < -0.4 is 5.32 Å². The van der Waals surface area contributed by atoms with E-state index < -0.39 is 0 Å². The van der Waals surface area contributed by atoms with Crippen LogP contribution in [0.2, 0.25) is 0 Å². The van der Waals surface area contributed by atoms with Crippen molar-refractivity contribution in [2.45, 2.75) is 39.3 Å². The number of benzene rings is 1. The summed E-state index contributed by atoms with van der Waals surface area (Å²) in [7, 11) is 0. The molecule has 1 amide bonds. The maximum absolute atomic E-state index is 12.5. The van der Waals surface area contributed by atoms with Crippen molar-refractivity contribution in [2.75, 3.05) is 13.1 Å². The van der Waals surface area contributed by atoms with Gasteiger partial charge in [0.05, 0.1) is 5.69 Å². The summed E-state index contributed by atoms with van der Waals surface area (Å²) in [5.74, 6) is 2.09. The molecule has 1 aromatic carbocycles. The first-order chi connectivity index (χ1) is 12.2. The minimum absolute atomic E-state index is 0.110. The van der Waals surface area contributed by atoms with Crippen LogP contribution in [0.1, 0.15) is 41.0 Å². The van der Waals surface area contributed by atoms with Crippen molar-refractivity contribution < 1.29 is 9.21 Å². The molecule has 1 N–H and O–H groups in total. The van der Waals surface area contributed by atoms with Crippen molar-refractivity contribution in [1.29, 1.82) is 0 Å². The lowest BCUT2D eigenvalue weighted by Gasteiger charge is -2.19. The Hall–Kier alpha value is -2.14. The standard InChI is InChI=1S/C20H25N3O2/c1-3-7-17-21-13(2)19(25-17)20(24)22-18-15-11-23(12-16(15)18)10-14-8-5-4-6-9-14/h4-6,8-9,15-16,18H,3,7,10-12H2,1-2H3,(H,22,24)/t15-,16+,18?. The van der Waals surface area contributed by atoms with Gasteiger partial charge in [0.15, 0.2) is 5.89 Å². The molecule has 0 spiro atoms. The number of nitrogens with one attached hydrogen (secondary N) is 1. The molecule has 5 heteroatoms. The maximum atomic E-state index is 12.5. The van der Waals surface area contributed by atoms with Crippen molar-refractivity contribution >= 4 is 5.91 Å². The minimum Gasteiger partial charge on any atom is -0.435 e. The Labute approximate surface area is 148 Å². The van der Waals surface area contributed by atoms with E-state index in [0.717, 1.165) is 32.5 Å². The van der Waals surface area contributed by atoms with Gasteiger partial charge in [0.25, 0.3) is 5.91 Å². The van der Waals surface area contributed by atoms with Crippen LogP contribution in [0.4, 0.5) is 0 Å². The molecule has 0 radical (unpaired) electrons. The summed E-state index contributed by atoms with van der Waals surface area (Å²) < 4.78 is 5.63. The number of hydrogen-bond donors (Lipinski definition) is 1. The van der Waals surface area contributed by atoms with Crippen LogP contribution in [0.5, 0.6) is 0 Å². The molecule has 2 heterocycles.